The van der Waals surface area contributed by atoms with Gasteiger partial charge in [-0.15, -0.1) is 10.2 Å². The molecule has 0 aliphatic rings. The van der Waals surface area contributed by atoms with Gasteiger partial charge in [-0.3, -0.25) is 0 Å². The lowest BCUT2D eigenvalue weighted by Gasteiger charge is -2.19. The van der Waals surface area contributed by atoms with Crippen molar-refractivity contribution in [2.45, 2.75) is 12.8 Å². The summed E-state index contributed by atoms with van der Waals surface area (Å²) in [6.45, 7) is 0.991. The Morgan fingerprint density at radius 2 is 1.70 bits per heavy atom. The van der Waals surface area contributed by atoms with Gasteiger partial charge in [-0.2, -0.15) is 0 Å². The van der Waals surface area contributed by atoms with E-state index in [1.54, 1.807) is 6.07 Å². The highest BCUT2D eigenvalue weighted by Crippen LogP contribution is 2.37. The maximum absolute atomic E-state index is 6.24. The van der Waals surface area contributed by atoms with Gasteiger partial charge < -0.3 is 4.90 Å². The second-order valence-electron chi connectivity index (χ2n) is 6.93. The summed E-state index contributed by atoms with van der Waals surface area (Å²) in [4.78, 5) is 6.69. The van der Waals surface area contributed by atoms with Crippen LogP contribution < -0.4 is 4.90 Å². The topological polar surface area (TPSA) is 40.9 Å². The minimum absolute atomic E-state index is 0.507. The van der Waals surface area contributed by atoms with Crippen molar-refractivity contribution in [3.8, 4) is 0 Å². The molecule has 1 heterocycles. The number of halogens is 2. The third kappa shape index (κ3) is 4.98. The van der Waals surface area contributed by atoms with Gasteiger partial charge in [0.25, 0.3) is 0 Å². The SMILES string of the molecule is CN(CCCc1ccccc1)c1ccc(N=Nc2nc3ccc(Cl)c(Cl)c3s2)cc1. The van der Waals surface area contributed by atoms with Crippen LogP contribution in [0.2, 0.25) is 10.0 Å². The summed E-state index contributed by atoms with van der Waals surface area (Å²) in [5.74, 6) is 0. The Labute approximate surface area is 189 Å². The van der Waals surface area contributed by atoms with Gasteiger partial charge in [-0.05, 0) is 54.8 Å². The number of aryl methyl sites for hydroxylation is 1. The molecule has 0 radical (unpaired) electrons. The van der Waals surface area contributed by atoms with Gasteiger partial charge in [0, 0.05) is 19.3 Å². The van der Waals surface area contributed by atoms with Crippen molar-refractivity contribution in [2.75, 3.05) is 18.5 Å². The van der Waals surface area contributed by atoms with Crippen LogP contribution in [0, 0.1) is 0 Å². The summed E-state index contributed by atoms with van der Waals surface area (Å²) in [6.07, 6.45) is 2.18. The van der Waals surface area contributed by atoms with Crippen LogP contribution in [-0.4, -0.2) is 18.6 Å². The van der Waals surface area contributed by atoms with Crippen LogP contribution in [0.15, 0.2) is 77.0 Å². The third-order valence-electron chi connectivity index (χ3n) is 4.78. The summed E-state index contributed by atoms with van der Waals surface area (Å²) in [7, 11) is 2.11. The van der Waals surface area contributed by atoms with Crippen molar-refractivity contribution in [1.29, 1.82) is 0 Å². The maximum Gasteiger partial charge on any atom is 0.231 e. The number of hydrogen-bond acceptors (Lipinski definition) is 5. The van der Waals surface area contributed by atoms with Crippen molar-refractivity contribution >= 4 is 61.3 Å². The average molecular weight is 455 g/mol. The highest BCUT2D eigenvalue weighted by Gasteiger charge is 2.09. The molecule has 3 aromatic carbocycles. The first kappa shape index (κ1) is 20.8. The van der Waals surface area contributed by atoms with E-state index in [1.165, 1.54) is 16.9 Å². The molecule has 4 rings (SSSR count). The molecular weight excluding hydrogens is 435 g/mol. The van der Waals surface area contributed by atoms with Crippen LogP contribution in [0.25, 0.3) is 10.2 Å². The summed E-state index contributed by atoms with van der Waals surface area (Å²) < 4.78 is 0.825. The van der Waals surface area contributed by atoms with E-state index in [0.717, 1.165) is 41.0 Å². The number of fused-ring (bicyclic) bond motifs is 1. The van der Waals surface area contributed by atoms with E-state index in [2.05, 4.69) is 69.6 Å². The first-order chi connectivity index (χ1) is 14.6. The molecule has 152 valence electrons. The smallest absolute Gasteiger partial charge is 0.231 e. The van der Waals surface area contributed by atoms with E-state index in [4.69, 9.17) is 23.2 Å². The first-order valence-corrected chi connectivity index (χ1v) is 11.2. The molecule has 4 nitrogen and oxygen atoms in total. The highest BCUT2D eigenvalue weighted by atomic mass is 35.5. The lowest BCUT2D eigenvalue weighted by atomic mass is 10.1. The number of hydrogen-bond donors (Lipinski definition) is 0. The van der Waals surface area contributed by atoms with Crippen LogP contribution in [-0.2, 0) is 6.42 Å². The van der Waals surface area contributed by atoms with E-state index in [0.29, 0.717) is 15.2 Å². The normalized spacial score (nSPS) is 11.4. The molecule has 0 N–H and O–H groups in total. The third-order valence-corrected chi connectivity index (χ3v) is 6.67. The molecule has 0 spiro atoms. The maximum atomic E-state index is 6.24. The zero-order chi connectivity index (χ0) is 20.9. The van der Waals surface area contributed by atoms with Gasteiger partial charge in [0.1, 0.15) is 0 Å². The molecule has 0 saturated heterocycles. The molecule has 0 unspecified atom stereocenters. The molecule has 0 saturated carbocycles. The zero-order valence-electron chi connectivity index (χ0n) is 16.4. The predicted octanol–water partition coefficient (Wildman–Crippen LogP) is 8.09. The van der Waals surface area contributed by atoms with Gasteiger partial charge in [0.05, 0.1) is 25.9 Å². The Hall–Kier alpha value is -2.47. The number of benzene rings is 3. The van der Waals surface area contributed by atoms with Gasteiger partial charge in [-0.25, -0.2) is 4.98 Å². The Balaban J connectivity index is 1.36. The largest absolute Gasteiger partial charge is 0.375 e. The number of aromatic nitrogens is 1. The van der Waals surface area contributed by atoms with Crippen LogP contribution in [0.3, 0.4) is 0 Å². The van der Waals surface area contributed by atoms with E-state index >= 15 is 0 Å². The second-order valence-corrected chi connectivity index (χ2v) is 8.70. The number of rotatable bonds is 7. The summed E-state index contributed by atoms with van der Waals surface area (Å²) in [5, 5.41) is 10.1. The summed E-state index contributed by atoms with van der Waals surface area (Å²) >= 11 is 13.7. The molecule has 4 aromatic rings. The summed E-state index contributed by atoms with van der Waals surface area (Å²) in [6, 6.07) is 22.2. The van der Waals surface area contributed by atoms with E-state index in [1.807, 2.05) is 18.2 Å². The monoisotopic (exact) mass is 454 g/mol. The highest BCUT2D eigenvalue weighted by molar-refractivity contribution is 7.22. The molecule has 0 aliphatic heterocycles. The molecule has 0 bridgehead atoms. The number of azo groups is 1. The average Bonchev–Trinajstić information content (AvgIpc) is 3.20. The lowest BCUT2D eigenvalue weighted by Crippen LogP contribution is -2.18. The Bertz CT molecular complexity index is 1160. The van der Waals surface area contributed by atoms with E-state index in [9.17, 15) is 0 Å². The van der Waals surface area contributed by atoms with Crippen molar-refractivity contribution in [3.05, 3.63) is 82.3 Å². The van der Waals surface area contributed by atoms with Crippen LogP contribution in [0.4, 0.5) is 16.5 Å². The molecule has 7 heteroatoms. The van der Waals surface area contributed by atoms with Crippen LogP contribution >= 0.6 is 34.5 Å². The minimum Gasteiger partial charge on any atom is -0.375 e. The Morgan fingerprint density at radius 1 is 0.933 bits per heavy atom. The molecule has 0 aliphatic carbocycles. The van der Waals surface area contributed by atoms with Gasteiger partial charge in [-0.1, -0.05) is 64.9 Å². The van der Waals surface area contributed by atoms with Crippen LogP contribution in [0.1, 0.15) is 12.0 Å². The second kappa shape index (κ2) is 9.56. The fraction of sp³-hybridized carbons (Fsp3) is 0.174. The zero-order valence-corrected chi connectivity index (χ0v) is 18.8. The first-order valence-electron chi connectivity index (χ1n) is 9.61. The lowest BCUT2D eigenvalue weighted by molar-refractivity contribution is 0.786. The van der Waals surface area contributed by atoms with Crippen molar-refractivity contribution in [2.24, 2.45) is 10.2 Å². The van der Waals surface area contributed by atoms with Gasteiger partial charge in [0.15, 0.2) is 0 Å². The molecular formula is C23H20Cl2N4S. The fourth-order valence-corrected chi connectivity index (χ4v) is 4.45. The summed E-state index contributed by atoms with van der Waals surface area (Å²) in [5.41, 5.74) is 4.08. The molecule has 0 atom stereocenters. The molecule has 0 fully saturated rings. The van der Waals surface area contributed by atoms with E-state index < -0.39 is 0 Å². The fourth-order valence-electron chi connectivity index (χ4n) is 3.14. The Kier molecular flexibility index (Phi) is 6.62. The quantitative estimate of drug-likeness (QED) is 0.264. The van der Waals surface area contributed by atoms with Crippen LogP contribution in [0.5, 0.6) is 0 Å². The van der Waals surface area contributed by atoms with Crippen molar-refractivity contribution in [1.82, 2.24) is 4.98 Å². The number of nitrogens with zero attached hydrogens (tertiary/aromatic N) is 4. The number of thiazole rings is 1. The van der Waals surface area contributed by atoms with Gasteiger partial charge >= 0.3 is 0 Å². The molecule has 1 aromatic heterocycles. The molecule has 30 heavy (non-hydrogen) atoms. The van der Waals surface area contributed by atoms with Gasteiger partial charge in [0.2, 0.25) is 5.13 Å². The Morgan fingerprint density at radius 3 is 2.47 bits per heavy atom. The predicted molar refractivity (Wildman–Crippen MR) is 128 cm³/mol. The standard InChI is InChI=1S/C23H20Cl2N4S/c1-29(15-5-8-16-6-3-2-4-7-16)18-11-9-17(10-12-18)27-28-23-26-20-14-13-19(24)21(25)22(20)30-23/h2-4,6-7,9-14H,5,8,15H2,1H3. The van der Waals surface area contributed by atoms with Crippen molar-refractivity contribution < 1.29 is 0 Å². The van der Waals surface area contributed by atoms with E-state index in [-0.39, 0.29) is 0 Å². The van der Waals surface area contributed by atoms with Crippen molar-refractivity contribution in [3.63, 3.8) is 0 Å². The number of anilines is 1. The minimum atomic E-state index is 0.507. The molecule has 0 amide bonds.